The second-order valence-corrected chi connectivity index (χ2v) is 10.1. The normalized spacial score (nSPS) is 24.8. The summed E-state index contributed by atoms with van der Waals surface area (Å²) in [6.45, 7) is 2.80. The number of ketones is 1. The largest absolute Gasteiger partial charge is 0.460 e. The Labute approximate surface area is 195 Å². The Morgan fingerprint density at radius 3 is 2.64 bits per heavy atom. The number of furan rings is 1. The van der Waals surface area contributed by atoms with Gasteiger partial charge in [0.15, 0.2) is 5.78 Å². The highest BCUT2D eigenvalue weighted by Gasteiger charge is 2.37. The van der Waals surface area contributed by atoms with Gasteiger partial charge in [-0.05, 0) is 67.3 Å². The molecule has 0 bridgehead atoms. The third kappa shape index (κ3) is 5.33. The average Bonchev–Trinajstić information content (AvgIpc) is 3.51. The predicted octanol–water partition coefficient (Wildman–Crippen LogP) is 4.69. The van der Waals surface area contributed by atoms with Gasteiger partial charge >= 0.3 is 5.97 Å². The molecule has 2 aromatic rings. The molecule has 3 heterocycles. The molecule has 0 unspecified atom stereocenters. The van der Waals surface area contributed by atoms with Crippen molar-refractivity contribution in [3.05, 3.63) is 35.6 Å². The highest BCUT2D eigenvalue weighted by molar-refractivity contribution is 5.93. The van der Waals surface area contributed by atoms with Gasteiger partial charge in [0.25, 0.3) is 0 Å². The molecule has 1 aromatic heterocycles. The van der Waals surface area contributed by atoms with Crippen LogP contribution >= 0.6 is 0 Å². The van der Waals surface area contributed by atoms with Gasteiger partial charge in [0.05, 0.1) is 12.6 Å². The standard InChI is InChI=1S/C27H35NO5/c29-23(26-22(8-11-28-26)20-4-2-1-3-5-20)15-19-6-7-24-21(14-19)16-25(33-24)27(30)32-17-18-9-12-31-13-10-18/h6-7,14,16,18,20,22,26,28H,1-5,8-13,15,17H2/t22-,26-/m0/s1. The summed E-state index contributed by atoms with van der Waals surface area (Å²) in [7, 11) is 0. The van der Waals surface area contributed by atoms with E-state index in [1.165, 1.54) is 32.1 Å². The van der Waals surface area contributed by atoms with Gasteiger partial charge in [-0.2, -0.15) is 0 Å². The first-order chi connectivity index (χ1) is 16.2. The molecule has 3 fully saturated rings. The number of carbonyl (C=O) groups excluding carboxylic acids is 2. The van der Waals surface area contributed by atoms with E-state index in [-0.39, 0.29) is 17.6 Å². The molecule has 178 valence electrons. The molecule has 5 rings (SSSR count). The van der Waals surface area contributed by atoms with E-state index >= 15 is 0 Å². The Morgan fingerprint density at radius 2 is 1.82 bits per heavy atom. The zero-order chi connectivity index (χ0) is 22.6. The van der Waals surface area contributed by atoms with Crippen molar-refractivity contribution in [3.63, 3.8) is 0 Å². The first-order valence-electron chi connectivity index (χ1n) is 12.7. The Balaban J connectivity index is 1.21. The van der Waals surface area contributed by atoms with Crippen LogP contribution in [-0.2, 0) is 20.7 Å². The van der Waals surface area contributed by atoms with Gasteiger partial charge in [-0.25, -0.2) is 4.79 Å². The number of rotatable bonds is 7. The van der Waals surface area contributed by atoms with E-state index in [0.717, 1.165) is 50.0 Å². The minimum Gasteiger partial charge on any atom is -0.460 e. The van der Waals surface area contributed by atoms with Crippen LogP contribution in [0.2, 0.25) is 0 Å². The van der Waals surface area contributed by atoms with Gasteiger partial charge in [-0.15, -0.1) is 0 Å². The third-order valence-electron chi connectivity index (χ3n) is 7.82. The maximum Gasteiger partial charge on any atom is 0.374 e. The summed E-state index contributed by atoms with van der Waals surface area (Å²) >= 11 is 0. The number of benzene rings is 1. The van der Waals surface area contributed by atoms with E-state index < -0.39 is 5.97 Å². The van der Waals surface area contributed by atoms with Crippen LogP contribution < -0.4 is 5.32 Å². The quantitative estimate of drug-likeness (QED) is 0.613. The molecule has 0 amide bonds. The highest BCUT2D eigenvalue weighted by atomic mass is 16.5. The smallest absolute Gasteiger partial charge is 0.374 e. The topological polar surface area (TPSA) is 77.8 Å². The van der Waals surface area contributed by atoms with Crippen LogP contribution in [0.1, 0.15) is 67.5 Å². The van der Waals surface area contributed by atoms with Crippen LogP contribution in [0.4, 0.5) is 0 Å². The fourth-order valence-corrected chi connectivity index (χ4v) is 5.94. The van der Waals surface area contributed by atoms with Crippen molar-refractivity contribution in [2.45, 2.75) is 63.8 Å². The first-order valence-corrected chi connectivity index (χ1v) is 12.7. The molecular formula is C27H35NO5. The van der Waals surface area contributed by atoms with Gasteiger partial charge in [0.1, 0.15) is 5.58 Å². The molecule has 2 aliphatic heterocycles. The Hall–Kier alpha value is -2.18. The van der Waals surface area contributed by atoms with E-state index in [2.05, 4.69) is 5.32 Å². The van der Waals surface area contributed by atoms with E-state index in [1.54, 1.807) is 6.07 Å². The Kier molecular flexibility index (Phi) is 7.12. The van der Waals surface area contributed by atoms with Crippen molar-refractivity contribution in [1.82, 2.24) is 5.32 Å². The van der Waals surface area contributed by atoms with Gasteiger partial charge in [-0.3, -0.25) is 4.79 Å². The molecule has 1 aliphatic carbocycles. The van der Waals surface area contributed by atoms with E-state index in [0.29, 0.717) is 36.4 Å². The maximum atomic E-state index is 13.2. The Bertz CT molecular complexity index is 970. The molecule has 0 spiro atoms. The second kappa shape index (κ2) is 10.4. The second-order valence-electron chi connectivity index (χ2n) is 10.1. The average molecular weight is 454 g/mol. The molecule has 1 saturated carbocycles. The summed E-state index contributed by atoms with van der Waals surface area (Å²) in [6, 6.07) is 7.47. The van der Waals surface area contributed by atoms with Crippen LogP contribution in [0, 0.1) is 17.8 Å². The minimum atomic E-state index is -0.430. The third-order valence-corrected chi connectivity index (χ3v) is 7.82. The highest BCUT2D eigenvalue weighted by Crippen LogP contribution is 2.36. The molecular weight excluding hydrogens is 418 g/mol. The molecule has 6 heteroatoms. The summed E-state index contributed by atoms with van der Waals surface area (Å²) in [6.07, 6.45) is 9.84. The van der Waals surface area contributed by atoms with E-state index in [9.17, 15) is 9.59 Å². The van der Waals surface area contributed by atoms with E-state index in [4.69, 9.17) is 13.9 Å². The number of Topliss-reactive ketones (excluding diaryl/α,β-unsaturated/α-hetero) is 1. The van der Waals surface area contributed by atoms with Crippen molar-refractivity contribution in [3.8, 4) is 0 Å². The maximum absolute atomic E-state index is 13.2. The fraction of sp³-hybridized carbons (Fsp3) is 0.630. The zero-order valence-electron chi connectivity index (χ0n) is 19.4. The van der Waals surface area contributed by atoms with Gasteiger partial charge in [0, 0.05) is 25.0 Å². The lowest BCUT2D eigenvalue weighted by Crippen LogP contribution is -2.40. The lowest BCUT2D eigenvalue weighted by molar-refractivity contribution is -0.121. The lowest BCUT2D eigenvalue weighted by Gasteiger charge is -2.30. The van der Waals surface area contributed by atoms with Crippen LogP contribution in [-0.4, -0.2) is 44.2 Å². The number of ether oxygens (including phenoxy) is 2. The van der Waals surface area contributed by atoms with Crippen molar-refractivity contribution >= 4 is 22.7 Å². The van der Waals surface area contributed by atoms with E-state index in [1.807, 2.05) is 18.2 Å². The van der Waals surface area contributed by atoms with Crippen molar-refractivity contribution in [1.29, 1.82) is 0 Å². The predicted molar refractivity (Wildman–Crippen MR) is 125 cm³/mol. The minimum absolute atomic E-state index is 0.0242. The molecule has 1 N–H and O–H groups in total. The van der Waals surface area contributed by atoms with Crippen LogP contribution in [0.15, 0.2) is 28.7 Å². The SMILES string of the molecule is O=C(OCC1CCOCC1)c1cc2cc(CC(=O)[C@H]3NCC[C@H]3C3CCCCC3)ccc2o1. The monoisotopic (exact) mass is 453 g/mol. The number of nitrogens with one attached hydrogen (secondary N) is 1. The number of fused-ring (bicyclic) bond motifs is 1. The summed E-state index contributed by atoms with van der Waals surface area (Å²) in [5.74, 6) is 1.59. The number of carbonyl (C=O) groups is 2. The zero-order valence-corrected chi connectivity index (χ0v) is 19.4. The fourth-order valence-electron chi connectivity index (χ4n) is 5.94. The van der Waals surface area contributed by atoms with Gasteiger partial charge in [-0.1, -0.05) is 38.2 Å². The van der Waals surface area contributed by atoms with Gasteiger partial charge < -0.3 is 19.2 Å². The molecule has 0 radical (unpaired) electrons. The van der Waals surface area contributed by atoms with Crippen molar-refractivity contribution in [2.24, 2.45) is 17.8 Å². The lowest BCUT2D eigenvalue weighted by atomic mass is 9.75. The van der Waals surface area contributed by atoms with Crippen LogP contribution in [0.3, 0.4) is 0 Å². The summed E-state index contributed by atoms with van der Waals surface area (Å²) < 4.78 is 16.6. The number of hydrogen-bond donors (Lipinski definition) is 1. The van der Waals surface area contributed by atoms with Crippen molar-refractivity contribution in [2.75, 3.05) is 26.4 Å². The molecule has 2 atom stereocenters. The molecule has 33 heavy (non-hydrogen) atoms. The Morgan fingerprint density at radius 1 is 1.00 bits per heavy atom. The van der Waals surface area contributed by atoms with Gasteiger partial charge in [0.2, 0.25) is 5.76 Å². The first kappa shape index (κ1) is 22.6. The number of esters is 1. The molecule has 3 aliphatic rings. The van der Waals surface area contributed by atoms with Crippen molar-refractivity contribution < 1.29 is 23.5 Å². The molecule has 6 nitrogen and oxygen atoms in total. The summed E-state index contributed by atoms with van der Waals surface area (Å²) in [5.41, 5.74) is 1.61. The summed E-state index contributed by atoms with van der Waals surface area (Å²) in [4.78, 5) is 25.7. The number of hydrogen-bond acceptors (Lipinski definition) is 6. The molecule has 1 aromatic carbocycles. The summed E-state index contributed by atoms with van der Waals surface area (Å²) in [5, 5.41) is 4.32. The van der Waals surface area contributed by atoms with Crippen LogP contribution in [0.5, 0.6) is 0 Å². The molecule has 2 saturated heterocycles. The van der Waals surface area contributed by atoms with Crippen LogP contribution in [0.25, 0.3) is 11.0 Å².